The van der Waals surface area contributed by atoms with Crippen LogP contribution in [0.5, 0.6) is 0 Å². The summed E-state index contributed by atoms with van der Waals surface area (Å²) in [7, 11) is 0. The van der Waals surface area contributed by atoms with E-state index in [2.05, 4.69) is 43.7 Å². The van der Waals surface area contributed by atoms with Crippen molar-refractivity contribution in [3.8, 4) is 5.69 Å². The minimum atomic E-state index is -0.580. The number of carbonyl (C=O) groups is 1. The van der Waals surface area contributed by atoms with Gasteiger partial charge in [0.1, 0.15) is 0 Å². The van der Waals surface area contributed by atoms with Gasteiger partial charge in [-0.3, -0.25) is 4.79 Å². The number of benzene rings is 1. The van der Waals surface area contributed by atoms with E-state index in [1.807, 2.05) is 25.1 Å². The predicted molar refractivity (Wildman–Crippen MR) is 84.7 cm³/mol. The highest BCUT2D eigenvalue weighted by molar-refractivity contribution is 5.89. The van der Waals surface area contributed by atoms with E-state index < -0.39 is 5.41 Å². The number of nitrogens with two attached hydrogens (primary N) is 1. The van der Waals surface area contributed by atoms with Gasteiger partial charge in [0.15, 0.2) is 0 Å². The zero-order chi connectivity index (χ0) is 15.4. The predicted octanol–water partition coefficient (Wildman–Crippen LogP) is 3.21. The van der Waals surface area contributed by atoms with Crippen molar-refractivity contribution in [1.82, 2.24) is 4.57 Å². The van der Waals surface area contributed by atoms with Crippen molar-refractivity contribution in [3.05, 3.63) is 53.3 Å². The van der Waals surface area contributed by atoms with Crippen LogP contribution in [0.3, 0.4) is 0 Å². The van der Waals surface area contributed by atoms with Crippen LogP contribution in [0.2, 0.25) is 0 Å². The second-order valence-electron chi connectivity index (χ2n) is 6.97. The zero-order valence-corrected chi connectivity index (χ0v) is 13.1. The summed E-state index contributed by atoms with van der Waals surface area (Å²) in [5.41, 5.74) is 9.71. The van der Waals surface area contributed by atoms with Crippen molar-refractivity contribution in [2.45, 2.75) is 44.9 Å². The number of amides is 1. The Kier molecular flexibility index (Phi) is 2.81. The van der Waals surface area contributed by atoms with Gasteiger partial charge in [-0.05, 0) is 48.9 Å². The number of aromatic nitrogens is 1. The molecule has 0 spiro atoms. The fourth-order valence-electron chi connectivity index (χ4n) is 3.95. The third-order valence-corrected chi connectivity index (χ3v) is 4.91. The number of carbonyl (C=O) groups excluding carboxylic acids is 1. The molecule has 3 rings (SSSR count). The molecule has 3 heteroatoms. The molecule has 1 aliphatic rings. The first kappa shape index (κ1) is 13.9. The van der Waals surface area contributed by atoms with Crippen LogP contribution in [-0.2, 0) is 15.6 Å². The first-order chi connectivity index (χ1) is 9.77. The Hall–Kier alpha value is -2.03. The minimum absolute atomic E-state index is 0.0378. The van der Waals surface area contributed by atoms with E-state index in [-0.39, 0.29) is 11.3 Å². The second kappa shape index (κ2) is 4.23. The first-order valence-corrected chi connectivity index (χ1v) is 7.35. The topological polar surface area (TPSA) is 48.0 Å². The molecule has 110 valence electrons. The second-order valence-corrected chi connectivity index (χ2v) is 6.97. The van der Waals surface area contributed by atoms with Crippen LogP contribution in [0.15, 0.2) is 36.5 Å². The van der Waals surface area contributed by atoms with Gasteiger partial charge in [-0.1, -0.05) is 32.0 Å². The summed E-state index contributed by atoms with van der Waals surface area (Å²) in [6, 6.07) is 10.2. The van der Waals surface area contributed by atoms with Gasteiger partial charge >= 0.3 is 0 Å². The van der Waals surface area contributed by atoms with Crippen LogP contribution >= 0.6 is 0 Å². The van der Waals surface area contributed by atoms with Crippen LogP contribution in [0.1, 0.15) is 44.0 Å². The van der Waals surface area contributed by atoms with Crippen molar-refractivity contribution in [1.29, 1.82) is 0 Å². The average Bonchev–Trinajstić information content (AvgIpc) is 2.87. The number of primary amides is 1. The summed E-state index contributed by atoms with van der Waals surface area (Å²) in [5.74, 6) is -0.233. The Morgan fingerprint density at radius 3 is 2.38 bits per heavy atom. The SMILES string of the molecule is Cc1c2c(cn1-c1ccccc1)C(C)(C)CC2(C)C(N)=O. The lowest BCUT2D eigenvalue weighted by molar-refractivity contribution is -0.123. The van der Waals surface area contributed by atoms with Crippen molar-refractivity contribution >= 4 is 5.91 Å². The first-order valence-electron chi connectivity index (χ1n) is 7.35. The van der Waals surface area contributed by atoms with Gasteiger partial charge in [-0.15, -0.1) is 0 Å². The fraction of sp³-hybridized carbons (Fsp3) is 0.389. The van der Waals surface area contributed by atoms with Gasteiger partial charge < -0.3 is 10.3 Å². The van der Waals surface area contributed by atoms with Gasteiger partial charge in [0, 0.05) is 17.6 Å². The highest BCUT2D eigenvalue weighted by Crippen LogP contribution is 2.51. The minimum Gasteiger partial charge on any atom is -0.369 e. The van der Waals surface area contributed by atoms with Crippen LogP contribution < -0.4 is 5.73 Å². The van der Waals surface area contributed by atoms with Crippen LogP contribution in [0.25, 0.3) is 5.69 Å². The van der Waals surface area contributed by atoms with Crippen molar-refractivity contribution in [3.63, 3.8) is 0 Å². The molecule has 0 aliphatic heterocycles. The van der Waals surface area contributed by atoms with Gasteiger partial charge in [0.2, 0.25) is 5.91 Å². The van der Waals surface area contributed by atoms with E-state index in [0.717, 1.165) is 23.4 Å². The lowest BCUT2D eigenvalue weighted by Gasteiger charge is -2.26. The van der Waals surface area contributed by atoms with Gasteiger partial charge in [-0.2, -0.15) is 0 Å². The van der Waals surface area contributed by atoms with Gasteiger partial charge in [0.25, 0.3) is 0 Å². The number of para-hydroxylation sites is 1. The molecule has 1 aromatic heterocycles. The molecular formula is C18H22N2O. The maximum absolute atomic E-state index is 12.1. The largest absolute Gasteiger partial charge is 0.369 e. The molecule has 1 heterocycles. The van der Waals surface area contributed by atoms with E-state index >= 15 is 0 Å². The van der Waals surface area contributed by atoms with E-state index in [4.69, 9.17) is 5.73 Å². The van der Waals surface area contributed by atoms with Crippen LogP contribution in [0.4, 0.5) is 0 Å². The summed E-state index contributed by atoms with van der Waals surface area (Å²) >= 11 is 0. The molecule has 1 aromatic carbocycles. The molecule has 1 aliphatic carbocycles. The van der Waals surface area contributed by atoms with E-state index in [9.17, 15) is 4.79 Å². The molecular weight excluding hydrogens is 260 g/mol. The van der Waals surface area contributed by atoms with Gasteiger partial charge in [0.05, 0.1) is 5.41 Å². The smallest absolute Gasteiger partial charge is 0.227 e. The summed E-state index contributed by atoms with van der Waals surface area (Å²) in [6.45, 7) is 8.43. The summed E-state index contributed by atoms with van der Waals surface area (Å²) in [6.07, 6.45) is 2.95. The quantitative estimate of drug-likeness (QED) is 0.903. The van der Waals surface area contributed by atoms with Crippen LogP contribution in [0, 0.1) is 6.92 Å². The summed E-state index contributed by atoms with van der Waals surface area (Å²) in [4.78, 5) is 12.1. The molecule has 2 N–H and O–H groups in total. The summed E-state index contributed by atoms with van der Waals surface area (Å²) < 4.78 is 2.17. The molecule has 2 aromatic rings. The molecule has 3 nitrogen and oxygen atoms in total. The molecule has 1 amide bonds. The Balaban J connectivity index is 2.27. The molecule has 1 atom stereocenters. The average molecular weight is 282 g/mol. The third-order valence-electron chi connectivity index (χ3n) is 4.91. The molecule has 0 bridgehead atoms. The number of rotatable bonds is 2. The van der Waals surface area contributed by atoms with Crippen molar-refractivity contribution in [2.24, 2.45) is 5.73 Å². The Morgan fingerprint density at radius 2 is 1.81 bits per heavy atom. The Labute approximate surface area is 125 Å². The molecule has 21 heavy (non-hydrogen) atoms. The Bertz CT molecular complexity index is 712. The third kappa shape index (κ3) is 1.84. The molecule has 0 radical (unpaired) electrons. The normalized spacial score (nSPS) is 23.0. The Morgan fingerprint density at radius 1 is 1.19 bits per heavy atom. The monoisotopic (exact) mass is 282 g/mol. The maximum Gasteiger partial charge on any atom is 0.227 e. The van der Waals surface area contributed by atoms with Crippen LogP contribution in [-0.4, -0.2) is 10.5 Å². The number of fused-ring (bicyclic) bond motifs is 1. The highest BCUT2D eigenvalue weighted by atomic mass is 16.1. The number of nitrogens with zero attached hydrogens (tertiary/aromatic N) is 1. The van der Waals surface area contributed by atoms with E-state index in [1.165, 1.54) is 5.56 Å². The molecule has 0 saturated carbocycles. The molecule has 0 saturated heterocycles. The molecule has 1 unspecified atom stereocenters. The number of hydrogen-bond acceptors (Lipinski definition) is 1. The highest BCUT2D eigenvalue weighted by Gasteiger charge is 2.50. The van der Waals surface area contributed by atoms with Crippen molar-refractivity contribution in [2.75, 3.05) is 0 Å². The standard InChI is InChI=1S/C18H22N2O/c1-12-15-14(10-20(12)13-8-6-5-7-9-13)17(2,3)11-18(15,4)16(19)21/h5-10H,11H2,1-4H3,(H2,19,21). The lowest BCUT2D eigenvalue weighted by Crippen LogP contribution is -2.38. The van der Waals surface area contributed by atoms with E-state index in [1.54, 1.807) is 0 Å². The molecule has 0 fully saturated rings. The maximum atomic E-state index is 12.1. The fourth-order valence-corrected chi connectivity index (χ4v) is 3.95. The lowest BCUT2D eigenvalue weighted by atomic mass is 9.79. The summed E-state index contributed by atoms with van der Waals surface area (Å²) in [5, 5.41) is 0. The van der Waals surface area contributed by atoms with Crippen molar-refractivity contribution < 1.29 is 4.79 Å². The van der Waals surface area contributed by atoms with Gasteiger partial charge in [-0.25, -0.2) is 0 Å². The number of hydrogen-bond donors (Lipinski definition) is 1. The zero-order valence-electron chi connectivity index (χ0n) is 13.1. The van der Waals surface area contributed by atoms with E-state index in [0.29, 0.717) is 0 Å².